The summed E-state index contributed by atoms with van der Waals surface area (Å²) in [5.74, 6) is 0. The molecule has 0 aromatic heterocycles. The molecule has 0 unspecified atom stereocenters. The zero-order valence-electron chi connectivity index (χ0n) is 9.21. The zero-order chi connectivity index (χ0) is 12.3. The Morgan fingerprint density at radius 3 is 2.12 bits per heavy atom. The Kier molecular flexibility index (Phi) is 3.25. The second kappa shape index (κ2) is 4.84. The average molecular weight is 243 g/mol. The number of nitrogen functional groups attached to an aromatic ring is 1. The molecule has 0 atom stereocenters. The Hall–Kier alpha value is -2.07. The summed E-state index contributed by atoms with van der Waals surface area (Å²) in [5, 5.41) is 0.272. The molecule has 2 aromatic carbocycles. The van der Waals surface area contributed by atoms with E-state index in [-0.39, 0.29) is 5.11 Å². The summed E-state index contributed by atoms with van der Waals surface area (Å²) in [7, 11) is 0. The predicted molar refractivity (Wildman–Crippen MR) is 76.2 cm³/mol. The maximum Gasteiger partial charge on any atom is 0.175 e. The van der Waals surface area contributed by atoms with Crippen LogP contribution in [0.2, 0.25) is 0 Å². The molecule has 2 rings (SSSR count). The summed E-state index contributed by atoms with van der Waals surface area (Å²) in [6, 6.07) is 17.2. The Bertz CT molecular complexity index is 525. The van der Waals surface area contributed by atoms with Crippen molar-refractivity contribution >= 4 is 34.4 Å². The summed E-state index contributed by atoms with van der Waals surface area (Å²) >= 11 is 5.09. The summed E-state index contributed by atoms with van der Waals surface area (Å²) in [5.41, 5.74) is 14.1. The topological polar surface area (TPSA) is 55.3 Å². The maximum absolute atomic E-state index is 5.94. The lowest BCUT2D eigenvalue weighted by atomic mass is 10.2. The van der Waals surface area contributed by atoms with Gasteiger partial charge in [0.1, 0.15) is 0 Å². The van der Waals surface area contributed by atoms with E-state index in [1.165, 1.54) is 0 Å². The van der Waals surface area contributed by atoms with Crippen LogP contribution in [0.3, 0.4) is 0 Å². The van der Waals surface area contributed by atoms with Crippen molar-refractivity contribution in [2.45, 2.75) is 0 Å². The number of anilines is 3. The first-order chi connectivity index (χ1) is 8.20. The highest BCUT2D eigenvalue weighted by Gasteiger charge is 2.13. The fraction of sp³-hybridized carbons (Fsp3) is 0. The van der Waals surface area contributed by atoms with Crippen LogP contribution in [0.15, 0.2) is 54.6 Å². The van der Waals surface area contributed by atoms with Gasteiger partial charge in [-0.3, -0.25) is 4.90 Å². The highest BCUT2D eigenvalue weighted by molar-refractivity contribution is 7.80. The quantitative estimate of drug-likeness (QED) is 0.629. The molecule has 0 aliphatic carbocycles. The van der Waals surface area contributed by atoms with Crippen LogP contribution < -0.4 is 16.4 Å². The first kappa shape index (κ1) is 11.4. The molecule has 4 N–H and O–H groups in total. The third-order valence-corrected chi connectivity index (χ3v) is 2.60. The Morgan fingerprint density at radius 2 is 1.53 bits per heavy atom. The molecule has 0 heterocycles. The Labute approximate surface area is 106 Å². The standard InChI is InChI=1S/C13H13N3S/c14-11-8-4-5-9-12(11)16(13(15)17)10-6-2-1-3-7-10/h1-9H,14H2,(H2,15,17). The van der Waals surface area contributed by atoms with Crippen LogP contribution in [0.1, 0.15) is 0 Å². The lowest BCUT2D eigenvalue weighted by Crippen LogP contribution is -2.31. The number of hydrogen-bond acceptors (Lipinski definition) is 2. The van der Waals surface area contributed by atoms with Crippen LogP contribution in [0.5, 0.6) is 0 Å². The lowest BCUT2D eigenvalue weighted by Gasteiger charge is -2.24. The van der Waals surface area contributed by atoms with Gasteiger partial charge < -0.3 is 11.5 Å². The summed E-state index contributed by atoms with van der Waals surface area (Å²) in [4.78, 5) is 1.75. The Balaban J connectivity index is 2.51. The number of para-hydroxylation sites is 3. The van der Waals surface area contributed by atoms with E-state index >= 15 is 0 Å². The van der Waals surface area contributed by atoms with Crippen molar-refractivity contribution in [3.8, 4) is 0 Å². The highest BCUT2D eigenvalue weighted by atomic mass is 32.1. The fourth-order valence-electron chi connectivity index (χ4n) is 1.65. The molecule has 0 bridgehead atoms. The largest absolute Gasteiger partial charge is 0.397 e. The van der Waals surface area contributed by atoms with Gasteiger partial charge >= 0.3 is 0 Å². The molecular weight excluding hydrogens is 230 g/mol. The third-order valence-electron chi connectivity index (χ3n) is 2.41. The van der Waals surface area contributed by atoms with Gasteiger partial charge in [-0.25, -0.2) is 0 Å². The number of thiocarbonyl (C=S) groups is 1. The molecule has 0 aliphatic rings. The lowest BCUT2D eigenvalue weighted by molar-refractivity contribution is 1.34. The van der Waals surface area contributed by atoms with E-state index in [0.717, 1.165) is 11.4 Å². The van der Waals surface area contributed by atoms with Gasteiger partial charge in [-0.15, -0.1) is 0 Å². The average Bonchev–Trinajstić information content (AvgIpc) is 2.33. The van der Waals surface area contributed by atoms with Crippen molar-refractivity contribution in [3.63, 3.8) is 0 Å². The maximum atomic E-state index is 5.94. The number of hydrogen-bond donors (Lipinski definition) is 2. The molecule has 17 heavy (non-hydrogen) atoms. The van der Waals surface area contributed by atoms with Crippen molar-refractivity contribution in [1.82, 2.24) is 0 Å². The van der Waals surface area contributed by atoms with Crippen molar-refractivity contribution in [3.05, 3.63) is 54.6 Å². The minimum atomic E-state index is 0.272. The SMILES string of the molecule is NC(=S)N(c1ccccc1)c1ccccc1N. The van der Waals surface area contributed by atoms with Gasteiger partial charge in [-0.05, 0) is 36.5 Å². The van der Waals surface area contributed by atoms with Crippen LogP contribution in [0, 0.1) is 0 Å². The third kappa shape index (κ3) is 2.37. The molecule has 0 amide bonds. The van der Waals surface area contributed by atoms with E-state index in [9.17, 15) is 0 Å². The first-order valence-electron chi connectivity index (χ1n) is 5.19. The number of rotatable bonds is 2. The van der Waals surface area contributed by atoms with Gasteiger partial charge in [0.2, 0.25) is 0 Å². The van der Waals surface area contributed by atoms with Crippen LogP contribution in [0.4, 0.5) is 17.1 Å². The molecular formula is C13H13N3S. The van der Waals surface area contributed by atoms with Gasteiger partial charge in [0.25, 0.3) is 0 Å². The molecule has 4 heteroatoms. The van der Waals surface area contributed by atoms with E-state index in [1.54, 1.807) is 4.90 Å². The molecule has 0 aliphatic heterocycles. The smallest absolute Gasteiger partial charge is 0.175 e. The summed E-state index contributed by atoms with van der Waals surface area (Å²) in [6.07, 6.45) is 0. The van der Waals surface area contributed by atoms with Crippen molar-refractivity contribution in [2.75, 3.05) is 10.6 Å². The monoisotopic (exact) mass is 243 g/mol. The van der Waals surface area contributed by atoms with E-state index in [4.69, 9.17) is 23.7 Å². The second-order valence-corrected chi connectivity index (χ2v) is 3.99. The van der Waals surface area contributed by atoms with Gasteiger partial charge in [0.05, 0.1) is 11.4 Å². The van der Waals surface area contributed by atoms with E-state index in [0.29, 0.717) is 5.69 Å². The number of nitrogens with two attached hydrogens (primary N) is 2. The van der Waals surface area contributed by atoms with E-state index < -0.39 is 0 Å². The van der Waals surface area contributed by atoms with Crippen LogP contribution in [-0.2, 0) is 0 Å². The van der Waals surface area contributed by atoms with E-state index in [2.05, 4.69) is 0 Å². The minimum absolute atomic E-state index is 0.272. The van der Waals surface area contributed by atoms with Crippen molar-refractivity contribution < 1.29 is 0 Å². The van der Waals surface area contributed by atoms with Gasteiger partial charge in [0, 0.05) is 5.69 Å². The molecule has 0 saturated carbocycles. The molecule has 0 saturated heterocycles. The molecule has 0 fully saturated rings. The normalized spacial score (nSPS) is 9.88. The van der Waals surface area contributed by atoms with Crippen LogP contribution in [0.25, 0.3) is 0 Å². The number of benzene rings is 2. The van der Waals surface area contributed by atoms with Crippen molar-refractivity contribution in [2.24, 2.45) is 5.73 Å². The molecule has 0 spiro atoms. The predicted octanol–water partition coefficient (Wildman–Crippen LogP) is 2.65. The van der Waals surface area contributed by atoms with Gasteiger partial charge in [0.15, 0.2) is 5.11 Å². The van der Waals surface area contributed by atoms with E-state index in [1.807, 2.05) is 54.6 Å². The molecule has 0 radical (unpaired) electrons. The first-order valence-corrected chi connectivity index (χ1v) is 5.60. The minimum Gasteiger partial charge on any atom is -0.397 e. The van der Waals surface area contributed by atoms with Gasteiger partial charge in [-0.1, -0.05) is 30.3 Å². The van der Waals surface area contributed by atoms with Crippen molar-refractivity contribution in [1.29, 1.82) is 0 Å². The van der Waals surface area contributed by atoms with Gasteiger partial charge in [-0.2, -0.15) is 0 Å². The summed E-state index contributed by atoms with van der Waals surface area (Å²) < 4.78 is 0. The summed E-state index contributed by atoms with van der Waals surface area (Å²) in [6.45, 7) is 0. The highest BCUT2D eigenvalue weighted by Crippen LogP contribution is 2.29. The van der Waals surface area contributed by atoms with Crippen LogP contribution in [-0.4, -0.2) is 5.11 Å². The molecule has 3 nitrogen and oxygen atoms in total. The number of nitrogens with zero attached hydrogens (tertiary/aromatic N) is 1. The zero-order valence-corrected chi connectivity index (χ0v) is 10.0. The fourth-order valence-corrected chi connectivity index (χ4v) is 1.86. The second-order valence-electron chi connectivity index (χ2n) is 3.57. The Morgan fingerprint density at radius 1 is 0.941 bits per heavy atom. The van der Waals surface area contributed by atoms with Crippen LogP contribution >= 0.6 is 12.2 Å². The molecule has 2 aromatic rings. The molecule has 86 valence electrons.